The minimum absolute atomic E-state index is 0.00720. The average Bonchev–Trinajstić information content (AvgIpc) is 2.61. The van der Waals surface area contributed by atoms with Crippen molar-refractivity contribution >= 4 is 5.91 Å². The molecule has 94 valence electrons. The zero-order valence-corrected chi connectivity index (χ0v) is 10.6. The van der Waals surface area contributed by atoms with Gasteiger partial charge in [-0.3, -0.25) is 4.79 Å². The lowest BCUT2D eigenvalue weighted by Gasteiger charge is -2.29. The summed E-state index contributed by atoms with van der Waals surface area (Å²) in [6.07, 6.45) is 4.20. The van der Waals surface area contributed by atoms with E-state index >= 15 is 0 Å². The Balaban J connectivity index is 2.35. The van der Waals surface area contributed by atoms with Gasteiger partial charge in [0.25, 0.3) is 0 Å². The van der Waals surface area contributed by atoms with E-state index in [1.165, 1.54) is 0 Å². The summed E-state index contributed by atoms with van der Waals surface area (Å²) in [4.78, 5) is 11.6. The Labute approximate surface area is 97.8 Å². The van der Waals surface area contributed by atoms with Gasteiger partial charge in [-0.1, -0.05) is 12.8 Å². The van der Waals surface area contributed by atoms with Crippen LogP contribution in [0.4, 0.5) is 0 Å². The van der Waals surface area contributed by atoms with Crippen LogP contribution in [0.15, 0.2) is 0 Å². The largest absolute Gasteiger partial charge is 0.394 e. The summed E-state index contributed by atoms with van der Waals surface area (Å²) in [7, 11) is 0. The number of aliphatic hydroxyl groups excluding tert-OH is 1. The summed E-state index contributed by atoms with van der Waals surface area (Å²) in [6, 6.07) is 0. The first-order valence-corrected chi connectivity index (χ1v) is 6.04. The van der Waals surface area contributed by atoms with Gasteiger partial charge >= 0.3 is 0 Å². The quantitative estimate of drug-likeness (QED) is 0.667. The second-order valence-electron chi connectivity index (χ2n) is 5.80. The molecule has 0 saturated heterocycles. The van der Waals surface area contributed by atoms with E-state index in [1.807, 2.05) is 20.8 Å². The smallest absolute Gasteiger partial charge is 0.234 e. The van der Waals surface area contributed by atoms with Crippen LogP contribution in [0.3, 0.4) is 0 Å². The Hall–Kier alpha value is -0.610. The molecule has 0 aromatic rings. The third-order valence-corrected chi connectivity index (χ3v) is 3.00. The Kier molecular flexibility index (Phi) is 4.33. The van der Waals surface area contributed by atoms with Gasteiger partial charge in [-0.25, -0.2) is 0 Å². The van der Waals surface area contributed by atoms with Crippen LogP contribution in [0.25, 0.3) is 0 Å². The van der Waals surface area contributed by atoms with Crippen LogP contribution in [0, 0.1) is 0 Å². The molecule has 0 unspecified atom stereocenters. The molecule has 0 aromatic carbocycles. The minimum Gasteiger partial charge on any atom is -0.394 e. The predicted octanol–water partition coefficient (Wildman–Crippen LogP) is 0.796. The molecule has 0 aromatic heterocycles. The molecule has 4 heteroatoms. The van der Waals surface area contributed by atoms with E-state index < -0.39 is 0 Å². The highest BCUT2D eigenvalue weighted by Gasteiger charge is 2.33. The number of nitrogens with one attached hydrogen (secondary N) is 2. The lowest BCUT2D eigenvalue weighted by molar-refractivity contribution is -0.122. The lowest BCUT2D eigenvalue weighted by Crippen LogP contribution is -2.52. The number of hydrogen-bond acceptors (Lipinski definition) is 3. The van der Waals surface area contributed by atoms with Crippen molar-refractivity contribution in [3.8, 4) is 0 Å². The second-order valence-corrected chi connectivity index (χ2v) is 5.80. The molecule has 1 aliphatic rings. The fourth-order valence-corrected chi connectivity index (χ4v) is 2.17. The number of rotatable bonds is 4. The van der Waals surface area contributed by atoms with Gasteiger partial charge in [0.2, 0.25) is 5.91 Å². The number of aliphatic hydroxyl groups is 1. The van der Waals surface area contributed by atoms with Crippen molar-refractivity contribution in [1.82, 2.24) is 10.6 Å². The van der Waals surface area contributed by atoms with Crippen LogP contribution >= 0.6 is 0 Å². The maximum atomic E-state index is 11.6. The number of carbonyl (C=O) groups is 1. The standard InChI is InChI=1S/C12H24N2O2/c1-11(2,3)14-10(16)8-13-12(9-15)6-4-5-7-12/h13,15H,4-9H2,1-3H3,(H,14,16). The zero-order chi connectivity index (χ0) is 12.2. The summed E-state index contributed by atoms with van der Waals surface area (Å²) in [5, 5.41) is 15.5. The number of carbonyl (C=O) groups excluding carboxylic acids is 1. The second kappa shape index (κ2) is 5.15. The molecule has 4 nitrogen and oxygen atoms in total. The Morgan fingerprint density at radius 2 is 1.88 bits per heavy atom. The van der Waals surface area contributed by atoms with E-state index in [-0.39, 0.29) is 30.1 Å². The topological polar surface area (TPSA) is 61.4 Å². The van der Waals surface area contributed by atoms with Gasteiger partial charge in [-0.15, -0.1) is 0 Å². The maximum absolute atomic E-state index is 11.6. The van der Waals surface area contributed by atoms with Gasteiger partial charge < -0.3 is 15.7 Å². The monoisotopic (exact) mass is 228 g/mol. The Bertz CT molecular complexity index is 240. The van der Waals surface area contributed by atoms with Gasteiger partial charge in [0.15, 0.2) is 0 Å². The first-order chi connectivity index (χ1) is 7.37. The maximum Gasteiger partial charge on any atom is 0.234 e. The molecule has 0 bridgehead atoms. The van der Waals surface area contributed by atoms with Crippen LogP contribution in [-0.4, -0.2) is 35.2 Å². The van der Waals surface area contributed by atoms with E-state index in [1.54, 1.807) is 0 Å². The highest BCUT2D eigenvalue weighted by atomic mass is 16.3. The van der Waals surface area contributed by atoms with Crippen molar-refractivity contribution in [3.63, 3.8) is 0 Å². The first kappa shape index (κ1) is 13.5. The summed E-state index contributed by atoms with van der Waals surface area (Å²) < 4.78 is 0. The van der Waals surface area contributed by atoms with Gasteiger partial charge in [0, 0.05) is 11.1 Å². The third kappa shape index (κ3) is 4.10. The molecule has 0 radical (unpaired) electrons. The average molecular weight is 228 g/mol. The van der Waals surface area contributed by atoms with Gasteiger partial charge in [-0.05, 0) is 33.6 Å². The van der Waals surface area contributed by atoms with Crippen molar-refractivity contribution in [2.24, 2.45) is 0 Å². The van der Waals surface area contributed by atoms with E-state index in [2.05, 4.69) is 10.6 Å². The molecule has 0 heterocycles. The fourth-order valence-electron chi connectivity index (χ4n) is 2.17. The van der Waals surface area contributed by atoms with Crippen LogP contribution in [0.1, 0.15) is 46.5 Å². The Morgan fingerprint density at radius 3 is 2.31 bits per heavy atom. The highest BCUT2D eigenvalue weighted by Crippen LogP contribution is 2.28. The van der Waals surface area contributed by atoms with Crippen molar-refractivity contribution in [2.75, 3.05) is 13.2 Å². The molecular formula is C12H24N2O2. The number of amides is 1. The molecule has 0 atom stereocenters. The molecule has 1 fully saturated rings. The van der Waals surface area contributed by atoms with Crippen LogP contribution < -0.4 is 10.6 Å². The molecule has 1 aliphatic carbocycles. The summed E-state index contributed by atoms with van der Waals surface area (Å²) in [5.74, 6) is -0.00720. The highest BCUT2D eigenvalue weighted by molar-refractivity contribution is 5.78. The molecule has 16 heavy (non-hydrogen) atoms. The summed E-state index contributed by atoms with van der Waals surface area (Å²) in [5.41, 5.74) is -0.407. The molecule has 3 N–H and O–H groups in total. The number of hydrogen-bond donors (Lipinski definition) is 3. The van der Waals surface area contributed by atoms with E-state index in [0.717, 1.165) is 25.7 Å². The minimum atomic E-state index is -0.213. The normalized spacial score (nSPS) is 19.8. The van der Waals surface area contributed by atoms with E-state index in [0.29, 0.717) is 0 Å². The molecule has 0 aliphatic heterocycles. The zero-order valence-electron chi connectivity index (χ0n) is 10.6. The molecule has 1 amide bonds. The van der Waals surface area contributed by atoms with Crippen LogP contribution in [0.2, 0.25) is 0 Å². The summed E-state index contributed by atoms with van der Waals surface area (Å²) >= 11 is 0. The van der Waals surface area contributed by atoms with Gasteiger partial charge in [-0.2, -0.15) is 0 Å². The molecule has 1 rings (SSSR count). The molecule has 0 spiro atoms. The first-order valence-electron chi connectivity index (χ1n) is 6.04. The molecular weight excluding hydrogens is 204 g/mol. The predicted molar refractivity (Wildman–Crippen MR) is 64.2 cm³/mol. The molecule has 1 saturated carbocycles. The van der Waals surface area contributed by atoms with Crippen LogP contribution in [-0.2, 0) is 4.79 Å². The van der Waals surface area contributed by atoms with Gasteiger partial charge in [0.05, 0.1) is 13.2 Å². The van der Waals surface area contributed by atoms with Crippen molar-refractivity contribution in [3.05, 3.63) is 0 Å². The third-order valence-electron chi connectivity index (χ3n) is 3.00. The SMILES string of the molecule is CC(C)(C)NC(=O)CNC1(CO)CCCC1. The summed E-state index contributed by atoms with van der Waals surface area (Å²) in [6.45, 7) is 6.29. The van der Waals surface area contributed by atoms with Crippen LogP contribution in [0.5, 0.6) is 0 Å². The van der Waals surface area contributed by atoms with Crippen molar-refractivity contribution < 1.29 is 9.90 Å². The Morgan fingerprint density at radius 1 is 1.31 bits per heavy atom. The lowest BCUT2D eigenvalue weighted by atomic mass is 9.99. The van der Waals surface area contributed by atoms with Gasteiger partial charge in [0.1, 0.15) is 0 Å². The fraction of sp³-hybridized carbons (Fsp3) is 0.917. The van der Waals surface area contributed by atoms with Crippen molar-refractivity contribution in [1.29, 1.82) is 0 Å². The van der Waals surface area contributed by atoms with Crippen molar-refractivity contribution in [2.45, 2.75) is 57.5 Å². The van der Waals surface area contributed by atoms with E-state index in [4.69, 9.17) is 0 Å². The van der Waals surface area contributed by atoms with E-state index in [9.17, 15) is 9.90 Å².